The van der Waals surface area contributed by atoms with Gasteiger partial charge in [0, 0.05) is 24.2 Å². The minimum absolute atomic E-state index is 0.0192. The number of fused-ring (bicyclic) bond motifs is 4. The van der Waals surface area contributed by atoms with E-state index in [1.165, 1.54) is 0 Å². The Morgan fingerprint density at radius 1 is 1.21 bits per heavy atom. The van der Waals surface area contributed by atoms with Crippen molar-refractivity contribution in [2.45, 2.75) is 38.3 Å². The van der Waals surface area contributed by atoms with Crippen LogP contribution in [0.2, 0.25) is 0 Å². The number of nitro groups is 1. The number of hydrogen-bond donors (Lipinski definition) is 0. The zero-order valence-electron chi connectivity index (χ0n) is 13.7. The van der Waals surface area contributed by atoms with Crippen LogP contribution < -0.4 is 0 Å². The molecule has 0 saturated carbocycles. The van der Waals surface area contributed by atoms with Crippen LogP contribution in [-0.2, 0) is 12.0 Å². The standard InChI is InChI=1S/C19H18N2O3/c1-19(2)10-17-14-5-3-4-6-15(14)18(22)20(17)11-12-9-13(21(23)24)7-8-16(12)19/h3-9,17H,10-11H2,1-2H3. The fraction of sp³-hybridized carbons (Fsp3) is 0.316. The molecule has 0 radical (unpaired) electrons. The predicted octanol–water partition coefficient (Wildman–Crippen LogP) is 3.97. The minimum atomic E-state index is -0.379. The number of nitro benzene ring substituents is 1. The van der Waals surface area contributed by atoms with Gasteiger partial charge >= 0.3 is 0 Å². The summed E-state index contributed by atoms with van der Waals surface area (Å²) in [6, 6.07) is 12.8. The quantitative estimate of drug-likeness (QED) is 0.589. The van der Waals surface area contributed by atoms with E-state index in [-0.39, 0.29) is 28.0 Å². The summed E-state index contributed by atoms with van der Waals surface area (Å²) in [7, 11) is 0. The number of non-ortho nitro benzene ring substituents is 1. The molecule has 1 atom stereocenters. The lowest BCUT2D eigenvalue weighted by Crippen LogP contribution is -2.28. The topological polar surface area (TPSA) is 63.5 Å². The summed E-state index contributed by atoms with van der Waals surface area (Å²) in [5, 5.41) is 11.1. The number of carbonyl (C=O) groups excluding carboxylic acids is 1. The monoisotopic (exact) mass is 322 g/mol. The Kier molecular flexibility index (Phi) is 3.04. The summed E-state index contributed by atoms with van der Waals surface area (Å²) in [6.45, 7) is 4.71. The molecule has 4 rings (SSSR count). The SMILES string of the molecule is CC1(C)CC2c3ccccc3C(=O)N2Cc2cc([N+](=O)[O-])ccc21. The Bertz CT molecular complexity index is 873. The van der Waals surface area contributed by atoms with Gasteiger partial charge in [0.15, 0.2) is 0 Å². The number of rotatable bonds is 1. The number of nitrogens with zero attached hydrogens (tertiary/aromatic N) is 2. The van der Waals surface area contributed by atoms with Crippen molar-refractivity contribution in [3.63, 3.8) is 0 Å². The maximum Gasteiger partial charge on any atom is 0.269 e. The van der Waals surface area contributed by atoms with Crippen LogP contribution in [0.4, 0.5) is 5.69 Å². The molecule has 5 nitrogen and oxygen atoms in total. The van der Waals surface area contributed by atoms with Gasteiger partial charge in [-0.3, -0.25) is 14.9 Å². The lowest BCUT2D eigenvalue weighted by atomic mass is 9.77. The lowest BCUT2D eigenvalue weighted by Gasteiger charge is -2.29. The molecule has 0 N–H and O–H groups in total. The minimum Gasteiger partial charge on any atom is -0.327 e. The highest BCUT2D eigenvalue weighted by atomic mass is 16.6. The van der Waals surface area contributed by atoms with Gasteiger partial charge < -0.3 is 4.90 Å². The molecule has 2 aliphatic heterocycles. The van der Waals surface area contributed by atoms with E-state index < -0.39 is 0 Å². The molecule has 1 amide bonds. The zero-order chi connectivity index (χ0) is 17.1. The molecule has 24 heavy (non-hydrogen) atoms. The van der Waals surface area contributed by atoms with E-state index in [2.05, 4.69) is 13.8 Å². The maximum atomic E-state index is 12.8. The van der Waals surface area contributed by atoms with Crippen LogP contribution >= 0.6 is 0 Å². The molecule has 2 aromatic carbocycles. The Morgan fingerprint density at radius 3 is 2.71 bits per heavy atom. The molecular weight excluding hydrogens is 304 g/mol. The molecule has 0 fully saturated rings. The highest BCUT2D eigenvalue weighted by Gasteiger charge is 2.43. The Hall–Kier alpha value is -2.69. The number of benzene rings is 2. The second kappa shape index (κ2) is 4.90. The van der Waals surface area contributed by atoms with E-state index in [1.807, 2.05) is 35.2 Å². The van der Waals surface area contributed by atoms with Crippen molar-refractivity contribution in [3.05, 3.63) is 74.8 Å². The normalized spacial score (nSPS) is 20.8. The van der Waals surface area contributed by atoms with E-state index in [1.54, 1.807) is 12.1 Å². The van der Waals surface area contributed by atoms with Gasteiger partial charge in [0.25, 0.3) is 11.6 Å². The average Bonchev–Trinajstić information content (AvgIpc) is 2.73. The summed E-state index contributed by atoms with van der Waals surface area (Å²) in [5.74, 6) is 0.0192. The van der Waals surface area contributed by atoms with E-state index >= 15 is 0 Å². The molecule has 0 bridgehead atoms. The van der Waals surface area contributed by atoms with Crippen molar-refractivity contribution in [2.24, 2.45) is 0 Å². The third kappa shape index (κ3) is 2.04. The Balaban J connectivity index is 1.86. The second-order valence-corrected chi connectivity index (χ2v) is 7.22. The van der Waals surface area contributed by atoms with Crippen molar-refractivity contribution in [1.82, 2.24) is 4.90 Å². The summed E-state index contributed by atoms with van der Waals surface area (Å²) >= 11 is 0. The molecule has 122 valence electrons. The van der Waals surface area contributed by atoms with Crippen LogP contribution in [0.1, 0.15) is 53.4 Å². The van der Waals surface area contributed by atoms with Crippen LogP contribution in [0.3, 0.4) is 0 Å². The predicted molar refractivity (Wildman–Crippen MR) is 89.8 cm³/mol. The third-order valence-electron chi connectivity index (χ3n) is 5.26. The van der Waals surface area contributed by atoms with Crippen LogP contribution in [0.15, 0.2) is 42.5 Å². The van der Waals surface area contributed by atoms with Gasteiger partial charge in [-0.25, -0.2) is 0 Å². The van der Waals surface area contributed by atoms with Crippen molar-refractivity contribution in [3.8, 4) is 0 Å². The van der Waals surface area contributed by atoms with Crippen LogP contribution in [0.25, 0.3) is 0 Å². The average molecular weight is 322 g/mol. The van der Waals surface area contributed by atoms with Crippen molar-refractivity contribution in [1.29, 1.82) is 0 Å². The summed E-state index contributed by atoms with van der Waals surface area (Å²) in [4.78, 5) is 25.4. The van der Waals surface area contributed by atoms with E-state index in [4.69, 9.17) is 0 Å². The summed E-state index contributed by atoms with van der Waals surface area (Å²) < 4.78 is 0. The molecule has 1 unspecified atom stereocenters. The van der Waals surface area contributed by atoms with E-state index in [0.29, 0.717) is 6.54 Å². The molecule has 2 aromatic rings. The molecular formula is C19H18N2O3. The van der Waals surface area contributed by atoms with Crippen molar-refractivity contribution in [2.75, 3.05) is 0 Å². The second-order valence-electron chi connectivity index (χ2n) is 7.22. The molecule has 2 aliphatic rings. The van der Waals surface area contributed by atoms with Gasteiger partial charge in [-0.15, -0.1) is 0 Å². The molecule has 0 spiro atoms. The highest BCUT2D eigenvalue weighted by Crippen LogP contribution is 2.47. The fourth-order valence-corrected chi connectivity index (χ4v) is 4.11. The Morgan fingerprint density at radius 2 is 1.96 bits per heavy atom. The molecule has 5 heteroatoms. The van der Waals surface area contributed by atoms with Gasteiger partial charge in [-0.1, -0.05) is 38.1 Å². The van der Waals surface area contributed by atoms with E-state index in [9.17, 15) is 14.9 Å². The van der Waals surface area contributed by atoms with Gasteiger partial charge in [-0.2, -0.15) is 0 Å². The zero-order valence-corrected chi connectivity index (χ0v) is 13.7. The van der Waals surface area contributed by atoms with Crippen LogP contribution in [0, 0.1) is 10.1 Å². The van der Waals surface area contributed by atoms with Crippen LogP contribution in [0.5, 0.6) is 0 Å². The van der Waals surface area contributed by atoms with Crippen LogP contribution in [-0.4, -0.2) is 15.7 Å². The van der Waals surface area contributed by atoms with E-state index in [0.717, 1.165) is 28.7 Å². The molecule has 2 heterocycles. The molecule has 0 aromatic heterocycles. The van der Waals surface area contributed by atoms with Gasteiger partial charge in [0.2, 0.25) is 0 Å². The smallest absolute Gasteiger partial charge is 0.269 e. The molecule has 0 saturated heterocycles. The Labute approximate surface area is 140 Å². The van der Waals surface area contributed by atoms with Crippen molar-refractivity contribution < 1.29 is 9.72 Å². The number of amides is 1. The molecule has 0 aliphatic carbocycles. The first-order chi connectivity index (χ1) is 11.4. The van der Waals surface area contributed by atoms with Gasteiger partial charge in [0.1, 0.15) is 0 Å². The maximum absolute atomic E-state index is 12.8. The third-order valence-corrected chi connectivity index (χ3v) is 5.26. The van der Waals surface area contributed by atoms with Gasteiger partial charge in [-0.05, 0) is 34.6 Å². The first-order valence-electron chi connectivity index (χ1n) is 8.06. The summed E-state index contributed by atoms with van der Waals surface area (Å²) in [5.41, 5.74) is 3.70. The first kappa shape index (κ1) is 14.9. The number of carbonyl (C=O) groups is 1. The number of hydrogen-bond acceptors (Lipinski definition) is 3. The van der Waals surface area contributed by atoms with Gasteiger partial charge in [0.05, 0.1) is 11.0 Å². The fourth-order valence-electron chi connectivity index (χ4n) is 4.11. The summed E-state index contributed by atoms with van der Waals surface area (Å²) in [6.07, 6.45) is 0.806. The van der Waals surface area contributed by atoms with Crippen molar-refractivity contribution >= 4 is 11.6 Å². The highest BCUT2D eigenvalue weighted by molar-refractivity contribution is 5.99. The lowest BCUT2D eigenvalue weighted by molar-refractivity contribution is -0.384. The first-order valence-corrected chi connectivity index (χ1v) is 8.06. The largest absolute Gasteiger partial charge is 0.327 e.